The van der Waals surface area contributed by atoms with Gasteiger partial charge in [0.05, 0.1) is 40.6 Å². The van der Waals surface area contributed by atoms with Crippen molar-refractivity contribution in [2.45, 2.75) is 0 Å². The Hall–Kier alpha value is -3.59. The molecular formula is C24H20Cl2N4O4. The Balaban J connectivity index is 1.79. The van der Waals surface area contributed by atoms with Crippen LogP contribution in [0.1, 0.15) is 10.4 Å². The van der Waals surface area contributed by atoms with Crippen molar-refractivity contribution in [3.63, 3.8) is 0 Å². The molecule has 8 nitrogen and oxygen atoms in total. The summed E-state index contributed by atoms with van der Waals surface area (Å²) in [5, 5.41) is 18.1. The topological polar surface area (TPSA) is 96.7 Å². The van der Waals surface area contributed by atoms with E-state index in [1.165, 1.54) is 23.1 Å². The van der Waals surface area contributed by atoms with Gasteiger partial charge in [0.15, 0.2) is 0 Å². The molecule has 0 spiro atoms. The Morgan fingerprint density at radius 3 is 2.50 bits per heavy atom. The van der Waals surface area contributed by atoms with Gasteiger partial charge in [-0.15, -0.1) is 0 Å². The Morgan fingerprint density at radius 2 is 1.82 bits per heavy atom. The number of hydrogen-bond donors (Lipinski definition) is 2. The van der Waals surface area contributed by atoms with Gasteiger partial charge in [-0.3, -0.25) is 4.90 Å². The molecule has 0 radical (unpaired) electrons. The maximum atomic E-state index is 13.5. The number of carboxylic acids is 1. The van der Waals surface area contributed by atoms with Crippen molar-refractivity contribution < 1.29 is 19.4 Å². The van der Waals surface area contributed by atoms with Gasteiger partial charge in [-0.1, -0.05) is 35.3 Å². The van der Waals surface area contributed by atoms with E-state index in [1.54, 1.807) is 23.9 Å². The van der Waals surface area contributed by atoms with Gasteiger partial charge in [0.2, 0.25) is 0 Å². The van der Waals surface area contributed by atoms with Crippen LogP contribution in [0.5, 0.6) is 0 Å². The molecule has 0 aliphatic heterocycles. The molecule has 0 fully saturated rings. The highest BCUT2D eigenvalue weighted by Gasteiger charge is 2.25. The summed E-state index contributed by atoms with van der Waals surface area (Å²) in [6.07, 6.45) is 0. The third kappa shape index (κ3) is 4.84. The molecule has 3 aromatic carbocycles. The molecule has 10 heteroatoms. The number of benzene rings is 3. The number of fused-ring (bicyclic) bond motifs is 1. The summed E-state index contributed by atoms with van der Waals surface area (Å²) in [7, 11) is 1.55. The average molecular weight is 499 g/mol. The van der Waals surface area contributed by atoms with E-state index in [2.05, 4.69) is 5.32 Å². The summed E-state index contributed by atoms with van der Waals surface area (Å²) < 4.78 is 6.92. The molecule has 2 amide bonds. The van der Waals surface area contributed by atoms with E-state index in [-0.39, 0.29) is 29.4 Å². The average Bonchev–Trinajstić information content (AvgIpc) is 3.20. The predicted octanol–water partition coefficient (Wildman–Crippen LogP) is 5.72. The van der Waals surface area contributed by atoms with Crippen LogP contribution >= 0.6 is 23.2 Å². The summed E-state index contributed by atoms with van der Waals surface area (Å²) in [5.74, 6) is -0.578. The van der Waals surface area contributed by atoms with Gasteiger partial charge in [-0.05, 0) is 54.6 Å². The molecular weight excluding hydrogens is 479 g/mol. The van der Waals surface area contributed by atoms with Gasteiger partial charge in [0, 0.05) is 17.5 Å². The quantitative estimate of drug-likeness (QED) is 0.339. The molecule has 0 aliphatic rings. The van der Waals surface area contributed by atoms with Crippen molar-refractivity contribution >= 4 is 57.6 Å². The smallest absolute Gasteiger partial charge is 0.335 e. The highest BCUT2D eigenvalue weighted by atomic mass is 35.5. The molecule has 2 N–H and O–H groups in total. The maximum Gasteiger partial charge on any atom is 0.335 e. The number of urea groups is 1. The van der Waals surface area contributed by atoms with Crippen molar-refractivity contribution in [3.8, 4) is 5.69 Å². The van der Waals surface area contributed by atoms with Crippen LogP contribution in [0.25, 0.3) is 16.6 Å². The summed E-state index contributed by atoms with van der Waals surface area (Å²) in [5.41, 5.74) is 1.72. The maximum absolute atomic E-state index is 13.5. The van der Waals surface area contributed by atoms with Crippen LogP contribution in [0.15, 0.2) is 66.7 Å². The lowest BCUT2D eigenvalue weighted by atomic mass is 10.2. The first-order valence-corrected chi connectivity index (χ1v) is 11.0. The number of nitrogens with one attached hydrogen (secondary N) is 1. The molecule has 34 heavy (non-hydrogen) atoms. The lowest BCUT2D eigenvalue weighted by molar-refractivity contribution is 0.0697. The van der Waals surface area contributed by atoms with E-state index in [0.717, 1.165) is 11.1 Å². The van der Waals surface area contributed by atoms with Gasteiger partial charge < -0.3 is 15.2 Å². The van der Waals surface area contributed by atoms with Gasteiger partial charge in [-0.2, -0.15) is 5.10 Å². The molecule has 0 unspecified atom stereocenters. The van der Waals surface area contributed by atoms with E-state index >= 15 is 0 Å². The summed E-state index contributed by atoms with van der Waals surface area (Å²) in [6.45, 7) is 0.482. The second-order valence-electron chi connectivity index (χ2n) is 7.30. The van der Waals surface area contributed by atoms with Crippen molar-refractivity contribution in [2.75, 3.05) is 30.5 Å². The van der Waals surface area contributed by atoms with E-state index < -0.39 is 12.0 Å². The standard InChI is InChI=1S/C24H20Cl2N4O4/c1-34-13-12-29(24(33)27-21-11-6-15(23(31)32)14-19(21)26)22-18-4-2-3-5-20(18)28-30(22)17-9-7-16(25)8-10-17/h2-11,14H,12-13H2,1H3,(H,27,33)(H,31,32). The van der Waals surface area contributed by atoms with Crippen molar-refractivity contribution in [3.05, 3.63) is 82.3 Å². The number of nitrogens with zero attached hydrogens (tertiary/aromatic N) is 3. The molecule has 4 aromatic rings. The fourth-order valence-corrected chi connectivity index (χ4v) is 3.81. The zero-order chi connectivity index (χ0) is 24.2. The SMILES string of the molecule is COCCN(C(=O)Nc1ccc(C(=O)O)cc1Cl)c1c2ccccc2nn1-c1ccc(Cl)cc1. The number of halogens is 2. The lowest BCUT2D eigenvalue weighted by Crippen LogP contribution is -2.39. The Labute approximate surface area is 205 Å². The zero-order valence-electron chi connectivity index (χ0n) is 18.0. The number of ether oxygens (including phenoxy) is 1. The van der Waals surface area contributed by atoms with Gasteiger partial charge >= 0.3 is 12.0 Å². The Kier molecular flexibility index (Phi) is 7.02. The molecule has 1 heterocycles. The number of methoxy groups -OCH3 is 1. The van der Waals surface area contributed by atoms with Crippen LogP contribution in [0.3, 0.4) is 0 Å². The lowest BCUT2D eigenvalue weighted by Gasteiger charge is -2.24. The number of aromatic nitrogens is 2. The van der Waals surface area contributed by atoms with Gasteiger partial charge in [0.1, 0.15) is 5.82 Å². The molecule has 174 valence electrons. The summed E-state index contributed by atoms with van der Waals surface area (Å²) in [4.78, 5) is 26.2. The fourth-order valence-electron chi connectivity index (χ4n) is 3.46. The number of rotatable bonds is 7. The van der Waals surface area contributed by atoms with Crippen LogP contribution in [0.2, 0.25) is 10.0 Å². The van der Waals surface area contributed by atoms with Crippen LogP contribution in [-0.2, 0) is 4.74 Å². The van der Waals surface area contributed by atoms with Crippen molar-refractivity contribution in [1.82, 2.24) is 9.78 Å². The highest BCUT2D eigenvalue weighted by molar-refractivity contribution is 6.34. The second-order valence-corrected chi connectivity index (χ2v) is 8.15. The van der Waals surface area contributed by atoms with Crippen molar-refractivity contribution in [2.24, 2.45) is 0 Å². The van der Waals surface area contributed by atoms with E-state index in [0.29, 0.717) is 16.4 Å². The van der Waals surface area contributed by atoms with E-state index in [9.17, 15) is 9.59 Å². The molecule has 0 saturated heterocycles. The number of aromatic carboxylic acids is 1. The molecule has 0 atom stereocenters. The number of carboxylic acid groups (broad SMARTS) is 1. The number of carbonyl (C=O) groups is 2. The number of hydrogen-bond acceptors (Lipinski definition) is 4. The highest BCUT2D eigenvalue weighted by Crippen LogP contribution is 2.31. The normalized spacial score (nSPS) is 10.9. The number of carbonyl (C=O) groups excluding carboxylic acids is 1. The van der Waals surface area contributed by atoms with Crippen LogP contribution in [0.4, 0.5) is 16.3 Å². The first-order valence-electron chi connectivity index (χ1n) is 10.2. The first-order chi connectivity index (χ1) is 16.4. The van der Waals surface area contributed by atoms with Crippen LogP contribution in [-0.4, -0.2) is 47.1 Å². The molecule has 0 aliphatic carbocycles. The third-order valence-corrected chi connectivity index (χ3v) is 5.67. The van der Waals surface area contributed by atoms with Crippen LogP contribution < -0.4 is 10.2 Å². The van der Waals surface area contributed by atoms with Crippen LogP contribution in [0, 0.1) is 0 Å². The molecule has 1 aromatic heterocycles. The van der Waals surface area contributed by atoms with E-state index in [1.807, 2.05) is 36.4 Å². The Bertz CT molecular complexity index is 1360. The minimum Gasteiger partial charge on any atom is -0.478 e. The largest absolute Gasteiger partial charge is 0.478 e. The number of amides is 2. The van der Waals surface area contributed by atoms with E-state index in [4.69, 9.17) is 38.1 Å². The fraction of sp³-hybridized carbons (Fsp3) is 0.125. The minimum atomic E-state index is -1.11. The molecule has 4 rings (SSSR count). The van der Waals surface area contributed by atoms with Gasteiger partial charge in [-0.25, -0.2) is 14.3 Å². The monoisotopic (exact) mass is 498 g/mol. The molecule has 0 saturated carbocycles. The number of anilines is 2. The predicted molar refractivity (Wildman–Crippen MR) is 133 cm³/mol. The zero-order valence-corrected chi connectivity index (χ0v) is 19.5. The Morgan fingerprint density at radius 1 is 1.09 bits per heavy atom. The first kappa shape index (κ1) is 23.6. The van der Waals surface area contributed by atoms with Crippen molar-refractivity contribution in [1.29, 1.82) is 0 Å². The second kappa shape index (κ2) is 10.1. The molecule has 0 bridgehead atoms. The summed E-state index contributed by atoms with van der Waals surface area (Å²) >= 11 is 12.3. The third-order valence-electron chi connectivity index (χ3n) is 5.10. The summed E-state index contributed by atoms with van der Waals surface area (Å²) in [6, 6.07) is 18.2. The van der Waals surface area contributed by atoms with Gasteiger partial charge in [0.25, 0.3) is 0 Å². The minimum absolute atomic E-state index is 0.0195.